The Hall–Kier alpha value is -1.62. The second-order valence-electron chi connectivity index (χ2n) is 4.86. The van der Waals surface area contributed by atoms with Gasteiger partial charge in [0.25, 0.3) is 0 Å². The number of nitrogens with zero attached hydrogens (tertiary/aromatic N) is 3. The lowest BCUT2D eigenvalue weighted by Crippen LogP contribution is -2.10. The molecule has 3 heterocycles. The Kier molecular flexibility index (Phi) is 2.52. The summed E-state index contributed by atoms with van der Waals surface area (Å²) < 4.78 is 3.15. The molecule has 3 aromatic heterocycles. The molecule has 0 unspecified atom stereocenters. The van der Waals surface area contributed by atoms with Gasteiger partial charge in [-0.05, 0) is 32.4 Å². The molecule has 0 atom stereocenters. The number of fused-ring (bicyclic) bond motifs is 3. The molecule has 0 spiro atoms. The summed E-state index contributed by atoms with van der Waals surface area (Å²) in [6, 6.07) is 2.43. The van der Waals surface area contributed by atoms with Gasteiger partial charge in [-0.2, -0.15) is 5.10 Å². The third kappa shape index (κ3) is 1.58. The molecule has 1 N–H and O–H groups in total. The summed E-state index contributed by atoms with van der Waals surface area (Å²) in [5, 5.41) is 9.20. The van der Waals surface area contributed by atoms with Crippen LogP contribution in [0.25, 0.3) is 20.4 Å². The molecule has 0 saturated heterocycles. The molecule has 3 rings (SSSR count). The van der Waals surface area contributed by atoms with Crippen molar-refractivity contribution in [3.63, 3.8) is 0 Å². The fourth-order valence-corrected chi connectivity index (χ4v) is 3.43. The minimum atomic E-state index is 0.377. The fourth-order valence-electron chi connectivity index (χ4n) is 2.24. The van der Waals surface area contributed by atoms with Crippen molar-refractivity contribution in [3.05, 3.63) is 17.8 Å². The topological polar surface area (TPSA) is 42.7 Å². The van der Waals surface area contributed by atoms with Crippen LogP contribution in [0.4, 0.5) is 5.82 Å². The van der Waals surface area contributed by atoms with Crippen molar-refractivity contribution in [3.8, 4) is 0 Å². The lowest BCUT2D eigenvalue weighted by molar-refractivity contribution is 0.788. The average molecular weight is 260 g/mol. The van der Waals surface area contributed by atoms with Gasteiger partial charge in [-0.3, -0.25) is 4.68 Å². The highest BCUT2D eigenvalue weighted by Gasteiger charge is 2.17. The number of hydrogen-bond acceptors (Lipinski definition) is 4. The van der Waals surface area contributed by atoms with Crippen LogP contribution in [0.5, 0.6) is 0 Å². The van der Waals surface area contributed by atoms with Gasteiger partial charge in [0.2, 0.25) is 0 Å². The zero-order valence-electron chi connectivity index (χ0n) is 11.0. The maximum absolute atomic E-state index is 4.57. The first kappa shape index (κ1) is 11.5. The number of aromatic nitrogens is 3. The molecule has 0 radical (unpaired) electrons. The van der Waals surface area contributed by atoms with E-state index in [4.69, 9.17) is 0 Å². The van der Waals surface area contributed by atoms with Crippen LogP contribution in [-0.4, -0.2) is 20.8 Å². The zero-order valence-corrected chi connectivity index (χ0v) is 11.8. The molecule has 4 nitrogen and oxygen atoms in total. The van der Waals surface area contributed by atoms with E-state index in [2.05, 4.69) is 42.2 Å². The van der Waals surface area contributed by atoms with Gasteiger partial charge in [-0.1, -0.05) is 0 Å². The van der Waals surface area contributed by atoms with Gasteiger partial charge in [0.15, 0.2) is 5.82 Å². The van der Waals surface area contributed by atoms with Crippen molar-refractivity contribution in [2.45, 2.75) is 26.8 Å². The number of aryl methyl sites for hydroxylation is 2. The van der Waals surface area contributed by atoms with Crippen LogP contribution < -0.4 is 5.32 Å². The average Bonchev–Trinajstić information content (AvgIpc) is 2.79. The van der Waals surface area contributed by atoms with E-state index >= 15 is 0 Å². The molecule has 0 aliphatic carbocycles. The normalized spacial score (nSPS) is 11.8. The molecule has 0 amide bonds. The summed E-state index contributed by atoms with van der Waals surface area (Å²) in [5.74, 6) is 0.963. The Morgan fingerprint density at radius 2 is 2.17 bits per heavy atom. The van der Waals surface area contributed by atoms with Crippen molar-refractivity contribution in [1.29, 1.82) is 0 Å². The highest BCUT2D eigenvalue weighted by Crippen LogP contribution is 2.38. The molecule has 0 aromatic carbocycles. The summed E-state index contributed by atoms with van der Waals surface area (Å²) in [6.07, 6.45) is 1.87. The maximum Gasteiger partial charge on any atom is 0.166 e. The summed E-state index contributed by atoms with van der Waals surface area (Å²) >= 11 is 1.71. The van der Waals surface area contributed by atoms with Crippen molar-refractivity contribution in [1.82, 2.24) is 14.8 Å². The maximum atomic E-state index is 4.57. The van der Waals surface area contributed by atoms with Gasteiger partial charge in [0.05, 0.1) is 10.2 Å². The van der Waals surface area contributed by atoms with Crippen LogP contribution in [0.1, 0.15) is 19.4 Å². The fraction of sp³-hybridized carbons (Fsp3) is 0.385. The van der Waals surface area contributed by atoms with E-state index in [9.17, 15) is 0 Å². The van der Waals surface area contributed by atoms with E-state index in [-0.39, 0.29) is 0 Å². The van der Waals surface area contributed by atoms with E-state index in [1.54, 1.807) is 11.3 Å². The molecule has 18 heavy (non-hydrogen) atoms. The molecule has 0 aliphatic heterocycles. The van der Waals surface area contributed by atoms with E-state index in [1.165, 1.54) is 21.2 Å². The third-order valence-electron chi connectivity index (χ3n) is 2.99. The Morgan fingerprint density at radius 1 is 1.39 bits per heavy atom. The minimum Gasteiger partial charge on any atom is -0.365 e. The minimum absolute atomic E-state index is 0.377. The molecule has 0 aliphatic rings. The van der Waals surface area contributed by atoms with Gasteiger partial charge >= 0.3 is 0 Å². The summed E-state index contributed by atoms with van der Waals surface area (Å²) in [4.78, 5) is 5.55. The lowest BCUT2D eigenvalue weighted by Gasteiger charge is -2.05. The molecule has 3 aromatic rings. The Labute approximate surface area is 110 Å². The molecule has 0 bridgehead atoms. The Bertz CT molecular complexity index is 723. The van der Waals surface area contributed by atoms with E-state index in [1.807, 2.05) is 17.9 Å². The van der Waals surface area contributed by atoms with Crippen LogP contribution in [0.15, 0.2) is 12.3 Å². The van der Waals surface area contributed by atoms with Crippen LogP contribution in [0.2, 0.25) is 0 Å². The third-order valence-corrected chi connectivity index (χ3v) is 4.08. The highest BCUT2D eigenvalue weighted by molar-refractivity contribution is 7.26. The van der Waals surface area contributed by atoms with Crippen LogP contribution >= 0.6 is 11.3 Å². The van der Waals surface area contributed by atoms with Crippen LogP contribution in [-0.2, 0) is 7.05 Å². The van der Waals surface area contributed by atoms with E-state index in [0.29, 0.717) is 6.04 Å². The smallest absolute Gasteiger partial charge is 0.166 e. The molecule has 0 fully saturated rings. The summed E-state index contributed by atoms with van der Waals surface area (Å²) in [5.41, 5.74) is 2.44. The first-order chi connectivity index (χ1) is 8.58. The zero-order chi connectivity index (χ0) is 12.9. The number of nitrogens with one attached hydrogen (secondary N) is 1. The monoisotopic (exact) mass is 260 g/mol. The molecule has 0 saturated carbocycles. The SMILES string of the molecule is Cc1ccnc2sc3c(NC(C)C)nn(C)c3c12. The standard InChI is InChI=1S/C13H16N4S/c1-7(2)15-12-11-10(17(4)16-12)9-8(3)5-6-14-13(9)18-11/h5-7H,1-4H3,(H,15,16). The van der Waals surface area contributed by atoms with Crippen LogP contribution in [0.3, 0.4) is 0 Å². The number of rotatable bonds is 2. The van der Waals surface area contributed by atoms with Crippen molar-refractivity contribution < 1.29 is 0 Å². The van der Waals surface area contributed by atoms with Crippen LogP contribution in [0, 0.1) is 6.92 Å². The summed E-state index contributed by atoms with van der Waals surface area (Å²) in [6.45, 7) is 6.37. The predicted molar refractivity (Wildman–Crippen MR) is 77.4 cm³/mol. The first-order valence-corrected chi connectivity index (χ1v) is 6.87. The number of hydrogen-bond donors (Lipinski definition) is 1. The van der Waals surface area contributed by atoms with E-state index < -0.39 is 0 Å². The van der Waals surface area contributed by atoms with Crippen molar-refractivity contribution >= 4 is 37.6 Å². The van der Waals surface area contributed by atoms with Gasteiger partial charge in [-0.15, -0.1) is 11.3 Å². The second kappa shape index (κ2) is 3.95. The molecule has 94 valence electrons. The van der Waals surface area contributed by atoms with Crippen molar-refractivity contribution in [2.75, 3.05) is 5.32 Å². The molecular formula is C13H16N4S. The van der Waals surface area contributed by atoms with Gasteiger partial charge in [-0.25, -0.2) is 4.98 Å². The van der Waals surface area contributed by atoms with Gasteiger partial charge in [0, 0.05) is 24.7 Å². The second-order valence-corrected chi connectivity index (χ2v) is 5.86. The quantitative estimate of drug-likeness (QED) is 0.768. The Morgan fingerprint density at radius 3 is 2.89 bits per heavy atom. The number of pyridine rings is 1. The van der Waals surface area contributed by atoms with Gasteiger partial charge < -0.3 is 5.32 Å². The van der Waals surface area contributed by atoms with E-state index in [0.717, 1.165) is 10.6 Å². The highest BCUT2D eigenvalue weighted by atomic mass is 32.1. The number of anilines is 1. The first-order valence-electron chi connectivity index (χ1n) is 6.05. The molecular weight excluding hydrogens is 244 g/mol. The Balaban J connectivity index is 2.37. The summed E-state index contributed by atoms with van der Waals surface area (Å²) in [7, 11) is 1.99. The largest absolute Gasteiger partial charge is 0.365 e. The van der Waals surface area contributed by atoms with Crippen molar-refractivity contribution in [2.24, 2.45) is 7.05 Å². The lowest BCUT2D eigenvalue weighted by atomic mass is 10.2. The predicted octanol–water partition coefficient (Wildman–Crippen LogP) is 3.31. The molecule has 5 heteroatoms. The van der Waals surface area contributed by atoms with Gasteiger partial charge in [0.1, 0.15) is 4.83 Å². The number of thiophene rings is 1.